The van der Waals surface area contributed by atoms with Crippen molar-refractivity contribution in [2.24, 2.45) is 5.92 Å². The van der Waals surface area contributed by atoms with Gasteiger partial charge in [0.25, 0.3) is 0 Å². The average Bonchev–Trinajstić information content (AvgIpc) is 3.35. The van der Waals surface area contributed by atoms with Crippen LogP contribution < -0.4 is 10.6 Å². The van der Waals surface area contributed by atoms with Gasteiger partial charge in [-0.2, -0.15) is 0 Å². The number of allylic oxidation sites excluding steroid dienone is 2. The predicted octanol–water partition coefficient (Wildman–Crippen LogP) is 1.98. The molecule has 2 unspecified atom stereocenters. The minimum atomic E-state index is -3.72. The summed E-state index contributed by atoms with van der Waals surface area (Å²) in [6, 6.07) is 0. The number of hydrogen-bond acceptors (Lipinski definition) is 10. The molecule has 0 aromatic carbocycles. The third-order valence-electron chi connectivity index (χ3n) is 5.91. The molecule has 174 valence electrons. The van der Waals surface area contributed by atoms with Crippen molar-refractivity contribution in [1.82, 2.24) is 19.5 Å². The molecular formula is C20H27N5O5PS-. The zero-order chi connectivity index (χ0) is 22.9. The zero-order valence-electron chi connectivity index (χ0n) is 17.8. The molecule has 4 rings (SSSR count). The number of ether oxygens (including phenoxy) is 1. The number of hydrogen-bond donors (Lipinski definition) is 2. The van der Waals surface area contributed by atoms with Gasteiger partial charge in [0.05, 0.1) is 12.4 Å². The standard InChI is InChI=1S/C20H28N5O5PS/c1-12(2)14-5-3-13(4-6-14)8-28-31(27,32)29-9-16-15(26)7-17(30-16)25-11-24-18-19(21)22-10-23-20(18)25/h3,10-11,14-17,26H,1,4-9H2,2H3,(H,27,32)(H2,21,22,23)/p-1/t14?,15-,16+,17+,31?/m0/s1. The molecule has 1 aliphatic heterocycles. The van der Waals surface area contributed by atoms with Crippen LogP contribution in [0.15, 0.2) is 36.5 Å². The van der Waals surface area contributed by atoms with Crippen molar-refractivity contribution >= 4 is 36.4 Å². The maximum absolute atomic E-state index is 12.6. The van der Waals surface area contributed by atoms with Crippen molar-refractivity contribution in [3.05, 3.63) is 36.5 Å². The van der Waals surface area contributed by atoms with Crippen LogP contribution in [0.5, 0.6) is 0 Å². The first-order valence-electron chi connectivity index (χ1n) is 10.4. The Morgan fingerprint density at radius 1 is 1.44 bits per heavy atom. The predicted molar refractivity (Wildman–Crippen MR) is 121 cm³/mol. The number of aliphatic hydroxyl groups excluding tert-OH is 1. The molecule has 1 fully saturated rings. The quantitative estimate of drug-likeness (QED) is 0.327. The number of anilines is 1. The zero-order valence-corrected chi connectivity index (χ0v) is 19.5. The summed E-state index contributed by atoms with van der Waals surface area (Å²) < 4.78 is 18.3. The largest absolute Gasteiger partial charge is 0.648 e. The number of nitrogens with two attached hydrogens (primary N) is 1. The molecule has 2 aliphatic rings. The first-order valence-corrected chi connectivity index (χ1v) is 13.0. The number of fused-ring (bicyclic) bond motifs is 1. The SMILES string of the molecule is C=C(C)C1CC=C(CO[P+]([O-])([S-])OC[C@H]2O[C@@H](n3cnc4c(N)ncnc43)C[C@@H]2O)CC1. The van der Waals surface area contributed by atoms with Gasteiger partial charge in [0.15, 0.2) is 11.5 Å². The van der Waals surface area contributed by atoms with Gasteiger partial charge in [-0.15, -0.1) is 0 Å². The van der Waals surface area contributed by atoms with E-state index >= 15 is 0 Å². The molecule has 0 saturated carbocycles. The molecule has 0 bridgehead atoms. The maximum Gasteiger partial charge on any atom is 0.167 e. The monoisotopic (exact) mass is 480 g/mol. The van der Waals surface area contributed by atoms with E-state index < -0.39 is 25.6 Å². The van der Waals surface area contributed by atoms with E-state index in [2.05, 4.69) is 27.6 Å². The lowest BCUT2D eigenvalue weighted by atomic mass is 9.86. The van der Waals surface area contributed by atoms with Gasteiger partial charge in [-0.25, -0.2) is 24.0 Å². The fraction of sp³-hybridized carbons (Fsp3) is 0.550. The highest BCUT2D eigenvalue weighted by Gasteiger charge is 2.37. The Hall–Kier alpha value is -1.59. The Kier molecular flexibility index (Phi) is 7.16. The molecular weight excluding hydrogens is 453 g/mol. The first-order chi connectivity index (χ1) is 15.2. The van der Waals surface area contributed by atoms with E-state index in [-0.39, 0.29) is 25.5 Å². The Balaban J connectivity index is 1.29. The molecule has 0 amide bonds. The van der Waals surface area contributed by atoms with Crippen molar-refractivity contribution in [1.29, 1.82) is 0 Å². The highest BCUT2D eigenvalue weighted by Crippen LogP contribution is 2.51. The summed E-state index contributed by atoms with van der Waals surface area (Å²) in [5, 5.41) is 10.4. The first kappa shape index (κ1) is 23.6. The van der Waals surface area contributed by atoms with Gasteiger partial charge in [-0.05, 0) is 37.7 Å². The second kappa shape index (κ2) is 9.72. The van der Waals surface area contributed by atoms with Gasteiger partial charge in [-0.1, -0.05) is 18.2 Å². The van der Waals surface area contributed by atoms with Crippen molar-refractivity contribution in [2.45, 2.75) is 51.0 Å². The van der Waals surface area contributed by atoms with Crippen molar-refractivity contribution < 1.29 is 23.8 Å². The molecule has 2 aromatic heterocycles. The van der Waals surface area contributed by atoms with E-state index in [0.29, 0.717) is 17.1 Å². The van der Waals surface area contributed by atoms with Crippen LogP contribution in [0.1, 0.15) is 38.8 Å². The van der Waals surface area contributed by atoms with E-state index in [1.165, 1.54) is 18.2 Å². The summed E-state index contributed by atoms with van der Waals surface area (Å²) in [5.41, 5.74) is 9.01. The summed E-state index contributed by atoms with van der Waals surface area (Å²) in [5.74, 6) is 0.745. The van der Waals surface area contributed by atoms with Gasteiger partial charge in [-0.3, -0.25) is 4.57 Å². The maximum atomic E-state index is 12.6. The summed E-state index contributed by atoms with van der Waals surface area (Å²) in [6.45, 7) is 6.06. The van der Waals surface area contributed by atoms with Gasteiger partial charge in [0, 0.05) is 6.42 Å². The molecule has 1 aliphatic carbocycles. The highest BCUT2D eigenvalue weighted by molar-refractivity contribution is 8.34. The Bertz CT molecular complexity index is 1020. The number of rotatable bonds is 8. The van der Waals surface area contributed by atoms with E-state index in [1.807, 2.05) is 6.92 Å². The van der Waals surface area contributed by atoms with Gasteiger partial charge < -0.3 is 32.7 Å². The topological polar surface area (TPSA) is 141 Å². The summed E-state index contributed by atoms with van der Waals surface area (Å²) in [6.07, 6.45) is 5.91. The van der Waals surface area contributed by atoms with E-state index in [9.17, 15) is 10.00 Å². The minimum absolute atomic E-state index is 0.154. The lowest BCUT2D eigenvalue weighted by molar-refractivity contribution is -0.211. The van der Waals surface area contributed by atoms with Crippen LogP contribution in [0.3, 0.4) is 0 Å². The second-order valence-electron chi connectivity index (χ2n) is 8.21. The van der Waals surface area contributed by atoms with Crippen molar-refractivity contribution in [2.75, 3.05) is 18.9 Å². The van der Waals surface area contributed by atoms with Crippen molar-refractivity contribution in [3.8, 4) is 0 Å². The fourth-order valence-corrected chi connectivity index (χ4v) is 5.02. The smallest absolute Gasteiger partial charge is 0.167 e. The molecule has 0 spiro atoms. The van der Waals surface area contributed by atoms with E-state index in [1.54, 1.807) is 4.57 Å². The van der Waals surface area contributed by atoms with Gasteiger partial charge in [0.2, 0.25) is 0 Å². The van der Waals surface area contributed by atoms with Crippen LogP contribution in [-0.4, -0.2) is 50.0 Å². The summed E-state index contributed by atoms with van der Waals surface area (Å²) in [4.78, 5) is 24.9. The molecule has 5 atom stereocenters. The second-order valence-corrected chi connectivity index (χ2v) is 11.0. The number of nitrogen functional groups attached to an aromatic ring is 1. The van der Waals surface area contributed by atoms with Gasteiger partial charge >= 0.3 is 0 Å². The van der Waals surface area contributed by atoms with Crippen LogP contribution in [0, 0.1) is 5.92 Å². The molecule has 1 saturated heterocycles. The fourth-order valence-electron chi connectivity index (χ4n) is 3.95. The Morgan fingerprint density at radius 2 is 2.25 bits per heavy atom. The molecule has 2 aromatic rings. The van der Waals surface area contributed by atoms with Crippen LogP contribution >= 0.6 is 7.15 Å². The molecule has 10 nitrogen and oxygen atoms in total. The van der Waals surface area contributed by atoms with Crippen LogP contribution in [0.2, 0.25) is 0 Å². The lowest BCUT2D eigenvalue weighted by Crippen LogP contribution is -2.28. The lowest BCUT2D eigenvalue weighted by Gasteiger charge is -2.34. The van der Waals surface area contributed by atoms with E-state index in [0.717, 1.165) is 24.8 Å². The summed E-state index contributed by atoms with van der Waals surface area (Å²) in [7, 11) is -3.72. The average molecular weight is 481 g/mol. The number of nitrogens with zero attached hydrogens (tertiary/aromatic N) is 4. The van der Waals surface area contributed by atoms with Gasteiger partial charge in [0.1, 0.15) is 44.5 Å². The highest BCUT2D eigenvalue weighted by atomic mass is 32.7. The third kappa shape index (κ3) is 5.31. The van der Waals surface area contributed by atoms with Crippen LogP contribution in [-0.2, 0) is 26.0 Å². The number of aliphatic hydroxyl groups is 1. The normalized spacial score (nSPS) is 27.9. The minimum Gasteiger partial charge on any atom is -0.648 e. The molecule has 3 heterocycles. The summed E-state index contributed by atoms with van der Waals surface area (Å²) >= 11 is 5.02. The van der Waals surface area contributed by atoms with Crippen LogP contribution in [0.4, 0.5) is 5.82 Å². The van der Waals surface area contributed by atoms with E-state index in [4.69, 9.17) is 31.8 Å². The number of imidazole rings is 1. The van der Waals surface area contributed by atoms with Crippen LogP contribution in [0.25, 0.3) is 11.2 Å². The third-order valence-corrected chi connectivity index (χ3v) is 7.45. The number of aromatic nitrogens is 4. The molecule has 3 N–H and O–H groups in total. The Morgan fingerprint density at radius 3 is 2.97 bits per heavy atom. The Labute approximate surface area is 192 Å². The molecule has 32 heavy (non-hydrogen) atoms. The molecule has 0 radical (unpaired) electrons. The molecule has 12 heteroatoms. The van der Waals surface area contributed by atoms with Crippen molar-refractivity contribution in [3.63, 3.8) is 0 Å².